The Morgan fingerprint density at radius 1 is 1.50 bits per heavy atom. The first-order chi connectivity index (χ1) is 4.97. The quantitative estimate of drug-likeness (QED) is 0.512. The molecule has 0 unspecified atom stereocenters. The Hall–Kier alpha value is -1.25. The molecule has 0 bridgehead atoms. The molecule has 1 aliphatic carbocycles. The van der Waals surface area contributed by atoms with Gasteiger partial charge in [-0.25, -0.2) is 0 Å². The zero-order valence-corrected chi connectivity index (χ0v) is 5.59. The smallest absolute Gasteiger partial charge is 0.113 e. The van der Waals surface area contributed by atoms with E-state index in [1.807, 2.05) is 0 Å². The van der Waals surface area contributed by atoms with Crippen LogP contribution in [0.5, 0.6) is 0 Å². The van der Waals surface area contributed by atoms with Gasteiger partial charge in [-0.2, -0.15) is 5.10 Å². The van der Waals surface area contributed by atoms with E-state index < -0.39 is 0 Å². The first-order valence-corrected chi connectivity index (χ1v) is 3.40. The van der Waals surface area contributed by atoms with Gasteiger partial charge in [0.1, 0.15) is 6.34 Å². The Morgan fingerprint density at radius 2 is 2.50 bits per heavy atom. The molecule has 52 valence electrons. The van der Waals surface area contributed by atoms with Crippen LogP contribution in [0.2, 0.25) is 0 Å². The van der Waals surface area contributed by atoms with Gasteiger partial charge in [0.2, 0.25) is 0 Å². The minimum Gasteiger partial charge on any atom is -0.347 e. The lowest BCUT2D eigenvalue weighted by Crippen LogP contribution is -2.25. The van der Waals surface area contributed by atoms with Gasteiger partial charge in [-0.15, -0.1) is 0 Å². The van der Waals surface area contributed by atoms with Crippen LogP contribution < -0.4 is 10.7 Å². The third kappa shape index (κ3) is 0.795. The highest BCUT2D eigenvalue weighted by Gasteiger charge is 2.08. The van der Waals surface area contributed by atoms with Crippen molar-refractivity contribution in [3.63, 3.8) is 0 Å². The van der Waals surface area contributed by atoms with Crippen LogP contribution in [0.3, 0.4) is 0 Å². The third-order valence-corrected chi connectivity index (χ3v) is 1.66. The molecule has 2 N–H and O–H groups in total. The van der Waals surface area contributed by atoms with Crippen molar-refractivity contribution in [3.05, 3.63) is 23.5 Å². The fourth-order valence-corrected chi connectivity index (χ4v) is 1.13. The SMILES string of the molecule is C1=CC2=C(CC1)NC=NN2. The summed E-state index contributed by atoms with van der Waals surface area (Å²) in [5.41, 5.74) is 5.27. The molecule has 0 saturated carbocycles. The maximum absolute atomic E-state index is 3.87. The second-order valence-electron chi connectivity index (χ2n) is 2.35. The summed E-state index contributed by atoms with van der Waals surface area (Å²) in [5, 5.41) is 6.96. The molecule has 10 heavy (non-hydrogen) atoms. The van der Waals surface area contributed by atoms with Crippen molar-refractivity contribution < 1.29 is 0 Å². The van der Waals surface area contributed by atoms with Crippen molar-refractivity contribution in [3.8, 4) is 0 Å². The number of nitrogens with one attached hydrogen (secondary N) is 2. The predicted octanol–water partition coefficient (Wildman–Crippen LogP) is 0.684. The number of rotatable bonds is 0. The lowest BCUT2D eigenvalue weighted by molar-refractivity contribution is 0.773. The lowest BCUT2D eigenvalue weighted by Gasteiger charge is -2.18. The molecule has 2 aliphatic rings. The molecule has 0 radical (unpaired) electrons. The molecule has 0 aromatic carbocycles. The molecule has 2 rings (SSSR count). The van der Waals surface area contributed by atoms with Gasteiger partial charge >= 0.3 is 0 Å². The predicted molar refractivity (Wildman–Crippen MR) is 40.2 cm³/mol. The largest absolute Gasteiger partial charge is 0.347 e. The van der Waals surface area contributed by atoms with Crippen molar-refractivity contribution in [2.75, 3.05) is 0 Å². The van der Waals surface area contributed by atoms with E-state index in [0.29, 0.717) is 0 Å². The van der Waals surface area contributed by atoms with E-state index in [2.05, 4.69) is 28.0 Å². The van der Waals surface area contributed by atoms with Crippen molar-refractivity contribution in [1.29, 1.82) is 0 Å². The van der Waals surface area contributed by atoms with Gasteiger partial charge in [0, 0.05) is 5.70 Å². The standard InChI is InChI=1S/C7H9N3/c1-2-4-7-6(3-1)8-5-9-10-7/h2,4-5,10H,1,3H2,(H,8,9). The van der Waals surface area contributed by atoms with Crippen LogP contribution in [0.15, 0.2) is 28.6 Å². The number of allylic oxidation sites excluding steroid dienone is 3. The average Bonchev–Trinajstić information content (AvgIpc) is 2.05. The Kier molecular flexibility index (Phi) is 1.20. The molecule has 0 atom stereocenters. The van der Waals surface area contributed by atoms with Crippen LogP contribution in [0.1, 0.15) is 12.8 Å². The molecule has 0 spiro atoms. The maximum Gasteiger partial charge on any atom is 0.113 e. The van der Waals surface area contributed by atoms with E-state index in [1.54, 1.807) is 6.34 Å². The summed E-state index contributed by atoms with van der Waals surface area (Å²) in [6.07, 6.45) is 8.10. The first kappa shape index (κ1) is 5.53. The Labute approximate surface area is 59.5 Å². The Morgan fingerprint density at radius 3 is 3.40 bits per heavy atom. The summed E-state index contributed by atoms with van der Waals surface area (Å²) in [7, 11) is 0. The van der Waals surface area contributed by atoms with Gasteiger partial charge < -0.3 is 5.32 Å². The molecular formula is C7H9N3. The molecule has 3 heteroatoms. The molecular weight excluding hydrogens is 126 g/mol. The van der Waals surface area contributed by atoms with Gasteiger partial charge in [0.05, 0.1) is 5.70 Å². The summed E-state index contributed by atoms with van der Waals surface area (Å²) in [4.78, 5) is 0. The molecule has 1 aliphatic heterocycles. The zero-order valence-electron chi connectivity index (χ0n) is 5.59. The van der Waals surface area contributed by atoms with E-state index >= 15 is 0 Å². The first-order valence-electron chi connectivity index (χ1n) is 3.40. The molecule has 1 heterocycles. The highest BCUT2D eigenvalue weighted by atomic mass is 15.3. The molecule has 0 amide bonds. The van der Waals surface area contributed by atoms with Crippen molar-refractivity contribution in [1.82, 2.24) is 10.7 Å². The van der Waals surface area contributed by atoms with Crippen molar-refractivity contribution in [2.45, 2.75) is 12.8 Å². The fraction of sp³-hybridized carbons (Fsp3) is 0.286. The van der Waals surface area contributed by atoms with Gasteiger partial charge in [0.15, 0.2) is 0 Å². The van der Waals surface area contributed by atoms with Crippen LogP contribution in [0, 0.1) is 0 Å². The average molecular weight is 135 g/mol. The summed E-state index contributed by atoms with van der Waals surface area (Å²) in [6, 6.07) is 0. The molecule has 0 saturated heterocycles. The second kappa shape index (κ2) is 2.17. The number of hydrazone groups is 1. The zero-order chi connectivity index (χ0) is 6.81. The topological polar surface area (TPSA) is 36.4 Å². The van der Waals surface area contributed by atoms with Crippen LogP contribution in [-0.2, 0) is 0 Å². The van der Waals surface area contributed by atoms with Crippen molar-refractivity contribution in [2.24, 2.45) is 5.10 Å². The normalized spacial score (nSPS) is 21.6. The number of hydrogen-bond acceptors (Lipinski definition) is 3. The number of nitrogens with zero attached hydrogens (tertiary/aromatic N) is 1. The molecule has 0 aromatic heterocycles. The van der Waals surface area contributed by atoms with Gasteiger partial charge in [-0.1, -0.05) is 6.08 Å². The van der Waals surface area contributed by atoms with Crippen LogP contribution in [0.25, 0.3) is 0 Å². The highest BCUT2D eigenvalue weighted by Crippen LogP contribution is 2.14. The minimum atomic E-state index is 1.09. The molecule has 0 fully saturated rings. The molecule has 0 aromatic rings. The van der Waals surface area contributed by atoms with Crippen LogP contribution in [-0.4, -0.2) is 6.34 Å². The maximum atomic E-state index is 3.87. The summed E-state index contributed by atoms with van der Waals surface area (Å²) >= 11 is 0. The third-order valence-electron chi connectivity index (χ3n) is 1.66. The van der Waals surface area contributed by atoms with Crippen molar-refractivity contribution >= 4 is 6.34 Å². The van der Waals surface area contributed by atoms with Gasteiger partial charge in [-0.05, 0) is 18.9 Å². The van der Waals surface area contributed by atoms with Crippen LogP contribution >= 0.6 is 0 Å². The van der Waals surface area contributed by atoms with Gasteiger partial charge in [-0.3, -0.25) is 5.43 Å². The Balaban J connectivity index is 2.25. The highest BCUT2D eigenvalue weighted by molar-refractivity contribution is 5.60. The second-order valence-corrected chi connectivity index (χ2v) is 2.35. The minimum absolute atomic E-state index is 1.09. The Bertz CT molecular complexity index is 225. The lowest BCUT2D eigenvalue weighted by atomic mass is 10.1. The van der Waals surface area contributed by atoms with E-state index in [-0.39, 0.29) is 0 Å². The fourth-order valence-electron chi connectivity index (χ4n) is 1.13. The number of hydrogen-bond donors (Lipinski definition) is 2. The summed E-state index contributed by atoms with van der Waals surface area (Å²) in [5.74, 6) is 0. The summed E-state index contributed by atoms with van der Waals surface area (Å²) < 4.78 is 0. The van der Waals surface area contributed by atoms with E-state index in [1.165, 1.54) is 5.70 Å². The molecule has 3 nitrogen and oxygen atoms in total. The van der Waals surface area contributed by atoms with Crippen LogP contribution in [0.4, 0.5) is 0 Å². The van der Waals surface area contributed by atoms with E-state index in [9.17, 15) is 0 Å². The monoisotopic (exact) mass is 135 g/mol. The van der Waals surface area contributed by atoms with E-state index in [4.69, 9.17) is 0 Å². The summed E-state index contributed by atoms with van der Waals surface area (Å²) in [6.45, 7) is 0. The van der Waals surface area contributed by atoms with Gasteiger partial charge in [0.25, 0.3) is 0 Å². The van der Waals surface area contributed by atoms with E-state index in [0.717, 1.165) is 18.5 Å².